The quantitative estimate of drug-likeness (QED) is 0.633. The first kappa shape index (κ1) is 23.6. The molecule has 0 aliphatic carbocycles. The summed E-state index contributed by atoms with van der Waals surface area (Å²) in [5.74, 6) is 2.45. The number of fused-ring (bicyclic) bond motifs is 1. The van der Waals surface area contributed by atoms with E-state index in [0.29, 0.717) is 13.4 Å². The van der Waals surface area contributed by atoms with E-state index in [1.807, 2.05) is 30.3 Å². The van der Waals surface area contributed by atoms with E-state index in [1.165, 1.54) is 5.56 Å². The number of morpholine rings is 1. The van der Waals surface area contributed by atoms with E-state index < -0.39 is 0 Å². The molecule has 0 saturated carbocycles. The van der Waals surface area contributed by atoms with Gasteiger partial charge in [0, 0.05) is 32.7 Å². The van der Waals surface area contributed by atoms with Gasteiger partial charge in [-0.15, -0.1) is 24.8 Å². The summed E-state index contributed by atoms with van der Waals surface area (Å²) in [6.07, 6.45) is 0. The third-order valence-corrected chi connectivity index (χ3v) is 4.80. The highest BCUT2D eigenvalue weighted by molar-refractivity contribution is 5.85. The minimum absolute atomic E-state index is 0. The summed E-state index contributed by atoms with van der Waals surface area (Å²) in [7, 11) is 0. The molecule has 0 atom stereocenters. The molecule has 1 fully saturated rings. The van der Waals surface area contributed by atoms with Crippen LogP contribution in [0.15, 0.2) is 42.5 Å². The van der Waals surface area contributed by atoms with Gasteiger partial charge in [0.15, 0.2) is 11.5 Å². The standard InChI is InChI=1S/C21H26N2O4.2ClH/c1-4-19(25-15-18-3-6-20-21(13-18)27-16-26-20)5-2-17(1)14-22-7-8-23-9-11-24-12-10-23;;/h1-6,13,22H,7-12,14-16H2;2*1H. The Morgan fingerprint density at radius 2 is 1.62 bits per heavy atom. The molecule has 4 rings (SSSR count). The van der Waals surface area contributed by atoms with Gasteiger partial charge in [0.1, 0.15) is 12.4 Å². The minimum Gasteiger partial charge on any atom is -0.489 e. The molecule has 2 aromatic rings. The maximum atomic E-state index is 5.88. The number of nitrogens with one attached hydrogen (secondary N) is 1. The third kappa shape index (κ3) is 6.94. The van der Waals surface area contributed by atoms with Gasteiger partial charge in [-0.25, -0.2) is 0 Å². The van der Waals surface area contributed by atoms with Crippen LogP contribution in [0.2, 0.25) is 0 Å². The summed E-state index contributed by atoms with van der Waals surface area (Å²) in [5, 5.41) is 3.50. The van der Waals surface area contributed by atoms with Gasteiger partial charge in [-0.1, -0.05) is 18.2 Å². The first-order valence-electron chi connectivity index (χ1n) is 9.48. The van der Waals surface area contributed by atoms with Crippen molar-refractivity contribution in [1.82, 2.24) is 10.2 Å². The van der Waals surface area contributed by atoms with Crippen molar-refractivity contribution in [3.8, 4) is 17.2 Å². The number of halogens is 2. The Morgan fingerprint density at radius 1 is 0.897 bits per heavy atom. The average molecular weight is 443 g/mol. The highest BCUT2D eigenvalue weighted by atomic mass is 35.5. The van der Waals surface area contributed by atoms with E-state index in [0.717, 1.165) is 68.7 Å². The molecule has 0 bridgehead atoms. The number of rotatable bonds is 8. The minimum atomic E-state index is 0. The Bertz CT molecular complexity index is 740. The lowest BCUT2D eigenvalue weighted by Gasteiger charge is -2.26. The monoisotopic (exact) mass is 442 g/mol. The van der Waals surface area contributed by atoms with E-state index in [1.54, 1.807) is 0 Å². The molecule has 8 heteroatoms. The first-order chi connectivity index (χ1) is 13.4. The number of ether oxygens (including phenoxy) is 4. The molecule has 0 amide bonds. The van der Waals surface area contributed by atoms with Crippen LogP contribution in [-0.4, -0.2) is 51.1 Å². The van der Waals surface area contributed by atoms with E-state index in [4.69, 9.17) is 18.9 Å². The Morgan fingerprint density at radius 3 is 2.41 bits per heavy atom. The van der Waals surface area contributed by atoms with Gasteiger partial charge in [-0.05, 0) is 35.4 Å². The zero-order valence-corrected chi connectivity index (χ0v) is 17.9. The second kappa shape index (κ2) is 12.1. The molecule has 1 saturated heterocycles. The molecular formula is C21H28Cl2N2O4. The summed E-state index contributed by atoms with van der Waals surface area (Å²) in [5.41, 5.74) is 2.32. The van der Waals surface area contributed by atoms with Crippen molar-refractivity contribution in [2.45, 2.75) is 13.2 Å². The first-order valence-corrected chi connectivity index (χ1v) is 9.48. The zero-order valence-electron chi connectivity index (χ0n) is 16.3. The largest absolute Gasteiger partial charge is 0.489 e. The van der Waals surface area contributed by atoms with Crippen LogP contribution in [0.25, 0.3) is 0 Å². The molecule has 0 aromatic heterocycles. The van der Waals surface area contributed by atoms with Crippen LogP contribution in [-0.2, 0) is 17.9 Å². The molecule has 2 heterocycles. The molecule has 1 N–H and O–H groups in total. The predicted octanol–water partition coefficient (Wildman–Crippen LogP) is 3.26. The normalized spacial score (nSPS) is 15.3. The lowest BCUT2D eigenvalue weighted by atomic mass is 10.2. The number of hydrogen-bond acceptors (Lipinski definition) is 6. The molecule has 2 aromatic carbocycles. The van der Waals surface area contributed by atoms with Crippen LogP contribution in [0.1, 0.15) is 11.1 Å². The average Bonchev–Trinajstić information content (AvgIpc) is 3.19. The number of nitrogens with zero attached hydrogens (tertiary/aromatic N) is 1. The van der Waals surface area contributed by atoms with Crippen molar-refractivity contribution >= 4 is 24.8 Å². The predicted molar refractivity (Wildman–Crippen MR) is 117 cm³/mol. The lowest BCUT2D eigenvalue weighted by Crippen LogP contribution is -2.40. The maximum Gasteiger partial charge on any atom is 0.231 e. The fraction of sp³-hybridized carbons (Fsp3) is 0.429. The zero-order chi connectivity index (χ0) is 18.3. The highest BCUT2D eigenvalue weighted by Crippen LogP contribution is 2.32. The Kier molecular flexibility index (Phi) is 9.84. The van der Waals surface area contributed by atoms with Crippen molar-refractivity contribution in [2.24, 2.45) is 0 Å². The van der Waals surface area contributed by atoms with Gasteiger partial charge in [0.25, 0.3) is 0 Å². The van der Waals surface area contributed by atoms with Gasteiger partial charge < -0.3 is 24.3 Å². The Labute approximate surface area is 184 Å². The van der Waals surface area contributed by atoms with Crippen molar-refractivity contribution in [1.29, 1.82) is 0 Å². The molecule has 160 valence electrons. The SMILES string of the molecule is Cl.Cl.c1cc(OCc2ccc3c(c2)OCO3)ccc1CNCCN1CCOCC1. The number of benzene rings is 2. The van der Waals surface area contributed by atoms with Crippen LogP contribution in [0.5, 0.6) is 17.2 Å². The van der Waals surface area contributed by atoms with Gasteiger partial charge in [-0.2, -0.15) is 0 Å². The van der Waals surface area contributed by atoms with Crippen LogP contribution in [0.4, 0.5) is 0 Å². The molecule has 0 spiro atoms. The van der Waals surface area contributed by atoms with Crippen LogP contribution < -0.4 is 19.5 Å². The van der Waals surface area contributed by atoms with Crippen molar-refractivity contribution < 1.29 is 18.9 Å². The number of hydrogen-bond donors (Lipinski definition) is 1. The van der Waals surface area contributed by atoms with Crippen molar-refractivity contribution in [3.63, 3.8) is 0 Å². The second-order valence-corrected chi connectivity index (χ2v) is 6.75. The fourth-order valence-electron chi connectivity index (χ4n) is 3.20. The Hall–Kier alpha value is -1.70. The van der Waals surface area contributed by atoms with Gasteiger partial charge >= 0.3 is 0 Å². The fourth-order valence-corrected chi connectivity index (χ4v) is 3.20. The summed E-state index contributed by atoms with van der Waals surface area (Å²) in [6.45, 7) is 7.51. The maximum absolute atomic E-state index is 5.88. The van der Waals surface area contributed by atoms with Gasteiger partial charge in [0.2, 0.25) is 6.79 Å². The van der Waals surface area contributed by atoms with E-state index >= 15 is 0 Å². The topological polar surface area (TPSA) is 52.2 Å². The van der Waals surface area contributed by atoms with E-state index in [-0.39, 0.29) is 24.8 Å². The third-order valence-electron chi connectivity index (χ3n) is 4.80. The van der Waals surface area contributed by atoms with Crippen LogP contribution in [0, 0.1) is 0 Å². The smallest absolute Gasteiger partial charge is 0.231 e. The summed E-state index contributed by atoms with van der Waals surface area (Å²) >= 11 is 0. The summed E-state index contributed by atoms with van der Waals surface area (Å²) < 4.78 is 22.0. The van der Waals surface area contributed by atoms with E-state index in [9.17, 15) is 0 Å². The van der Waals surface area contributed by atoms with Gasteiger partial charge in [0.05, 0.1) is 13.2 Å². The highest BCUT2D eigenvalue weighted by Gasteiger charge is 2.13. The molecule has 29 heavy (non-hydrogen) atoms. The molecule has 2 aliphatic heterocycles. The molecule has 2 aliphatic rings. The van der Waals surface area contributed by atoms with Gasteiger partial charge in [-0.3, -0.25) is 4.90 Å². The lowest BCUT2D eigenvalue weighted by molar-refractivity contribution is 0.0384. The molecule has 0 unspecified atom stereocenters. The Balaban J connectivity index is 0.00000150. The summed E-state index contributed by atoms with van der Waals surface area (Å²) in [6, 6.07) is 14.1. The second-order valence-electron chi connectivity index (χ2n) is 6.75. The van der Waals surface area contributed by atoms with Crippen LogP contribution >= 0.6 is 24.8 Å². The molecule has 0 radical (unpaired) electrons. The molecular weight excluding hydrogens is 415 g/mol. The van der Waals surface area contributed by atoms with E-state index in [2.05, 4.69) is 22.3 Å². The molecule has 6 nitrogen and oxygen atoms in total. The summed E-state index contributed by atoms with van der Waals surface area (Å²) in [4.78, 5) is 2.43. The van der Waals surface area contributed by atoms with Crippen molar-refractivity contribution in [3.05, 3.63) is 53.6 Å². The van der Waals surface area contributed by atoms with Crippen LogP contribution in [0.3, 0.4) is 0 Å². The van der Waals surface area contributed by atoms with Crippen molar-refractivity contribution in [2.75, 3.05) is 46.2 Å².